The summed E-state index contributed by atoms with van der Waals surface area (Å²) in [6.45, 7) is 6.06. The van der Waals surface area contributed by atoms with Crippen LogP contribution in [-0.2, 0) is 11.3 Å². The minimum absolute atomic E-state index is 0.635. The average molecular weight is 367 g/mol. The molecule has 1 aromatic carbocycles. The Balaban J connectivity index is 1.58. The molecule has 2 aromatic rings. The van der Waals surface area contributed by atoms with E-state index in [9.17, 15) is 0 Å². The number of aromatic nitrogens is 1. The molecule has 1 heterocycles. The van der Waals surface area contributed by atoms with Crippen LogP contribution in [0.5, 0.6) is 0 Å². The Morgan fingerprint density at radius 1 is 1.26 bits per heavy atom. The van der Waals surface area contributed by atoms with Gasteiger partial charge in [0, 0.05) is 38.5 Å². The maximum absolute atomic E-state index is 5.75. The summed E-state index contributed by atoms with van der Waals surface area (Å²) in [4.78, 5) is 11.4. The maximum Gasteiger partial charge on any atom is 0.194 e. The number of ether oxygens (including phenoxy) is 1. The minimum atomic E-state index is 0.635. The van der Waals surface area contributed by atoms with Crippen molar-refractivity contribution in [1.82, 2.24) is 15.2 Å². The lowest BCUT2D eigenvalue weighted by atomic mass is 10.1. The molecule has 1 aliphatic rings. The van der Waals surface area contributed by atoms with E-state index in [0.29, 0.717) is 6.54 Å². The smallest absolute Gasteiger partial charge is 0.194 e. The molecule has 0 aliphatic heterocycles. The van der Waals surface area contributed by atoms with Crippen LogP contribution in [-0.4, -0.2) is 49.2 Å². The van der Waals surface area contributed by atoms with Gasteiger partial charge in [0.05, 0.1) is 18.8 Å². The van der Waals surface area contributed by atoms with Gasteiger partial charge in [-0.2, -0.15) is 0 Å². The quantitative estimate of drug-likeness (QED) is 0.419. The molecule has 0 saturated heterocycles. The highest BCUT2D eigenvalue weighted by atomic mass is 16.5. The summed E-state index contributed by atoms with van der Waals surface area (Å²) in [5.41, 5.74) is 3.28. The number of likely N-dealkylation sites (N-methyl/N-ethyl adjacent to an activating group) is 1. The van der Waals surface area contributed by atoms with Crippen molar-refractivity contribution in [3.8, 4) is 11.3 Å². The maximum atomic E-state index is 5.75. The Morgan fingerprint density at radius 2 is 2.15 bits per heavy atom. The molecular formula is C22H30N4O. The first-order chi connectivity index (χ1) is 13.3. The van der Waals surface area contributed by atoms with Gasteiger partial charge >= 0.3 is 0 Å². The Bertz CT molecular complexity index is 728. The molecule has 1 aromatic heterocycles. The van der Waals surface area contributed by atoms with Crippen molar-refractivity contribution in [2.24, 2.45) is 10.9 Å². The van der Waals surface area contributed by atoms with E-state index in [2.05, 4.69) is 53.4 Å². The van der Waals surface area contributed by atoms with E-state index in [0.717, 1.165) is 49.4 Å². The molecule has 0 radical (unpaired) electrons. The highest BCUT2D eigenvalue weighted by Gasteiger charge is 2.21. The first-order valence-corrected chi connectivity index (χ1v) is 9.84. The number of rotatable bonds is 9. The fourth-order valence-corrected chi connectivity index (χ4v) is 2.84. The second-order valence-electron chi connectivity index (χ2n) is 7.03. The van der Waals surface area contributed by atoms with Crippen LogP contribution < -0.4 is 5.32 Å². The number of pyridine rings is 1. The van der Waals surface area contributed by atoms with Crippen LogP contribution in [0.2, 0.25) is 0 Å². The summed E-state index contributed by atoms with van der Waals surface area (Å²) in [6.07, 6.45) is 4.48. The molecule has 1 aliphatic carbocycles. The van der Waals surface area contributed by atoms with Gasteiger partial charge in [0.25, 0.3) is 0 Å². The molecule has 144 valence electrons. The summed E-state index contributed by atoms with van der Waals surface area (Å²) >= 11 is 0. The van der Waals surface area contributed by atoms with Gasteiger partial charge in [0.2, 0.25) is 0 Å². The first-order valence-electron chi connectivity index (χ1n) is 9.84. The van der Waals surface area contributed by atoms with Crippen LogP contribution in [0.3, 0.4) is 0 Å². The molecule has 0 amide bonds. The predicted octanol–water partition coefficient (Wildman–Crippen LogP) is 3.57. The second-order valence-corrected chi connectivity index (χ2v) is 7.03. The van der Waals surface area contributed by atoms with Gasteiger partial charge in [-0.05, 0) is 49.4 Å². The molecule has 0 atom stereocenters. The molecular weight excluding hydrogens is 336 g/mol. The zero-order valence-electron chi connectivity index (χ0n) is 16.4. The predicted molar refractivity (Wildman–Crippen MR) is 111 cm³/mol. The number of aliphatic imine (C=N–C) groups is 1. The van der Waals surface area contributed by atoms with E-state index in [-0.39, 0.29) is 0 Å². The number of hydrogen-bond acceptors (Lipinski definition) is 3. The van der Waals surface area contributed by atoms with E-state index < -0.39 is 0 Å². The van der Waals surface area contributed by atoms with E-state index in [1.165, 1.54) is 18.4 Å². The average Bonchev–Trinajstić information content (AvgIpc) is 3.53. The van der Waals surface area contributed by atoms with E-state index in [4.69, 9.17) is 9.73 Å². The third-order valence-corrected chi connectivity index (χ3v) is 4.62. The number of nitrogens with zero attached hydrogens (tertiary/aromatic N) is 3. The van der Waals surface area contributed by atoms with Crippen LogP contribution in [0.1, 0.15) is 25.3 Å². The van der Waals surface area contributed by atoms with Crippen LogP contribution >= 0.6 is 0 Å². The van der Waals surface area contributed by atoms with Crippen molar-refractivity contribution in [3.05, 3.63) is 54.2 Å². The van der Waals surface area contributed by atoms with Gasteiger partial charge in [0.1, 0.15) is 0 Å². The monoisotopic (exact) mass is 366 g/mol. The van der Waals surface area contributed by atoms with E-state index in [1.807, 2.05) is 24.4 Å². The molecule has 0 unspecified atom stereocenters. The van der Waals surface area contributed by atoms with Crippen molar-refractivity contribution in [3.63, 3.8) is 0 Å². The topological polar surface area (TPSA) is 49.8 Å². The minimum Gasteiger partial charge on any atom is -0.379 e. The lowest BCUT2D eigenvalue weighted by Gasteiger charge is -2.22. The largest absolute Gasteiger partial charge is 0.379 e. The fourth-order valence-electron chi connectivity index (χ4n) is 2.84. The number of hydrogen-bond donors (Lipinski definition) is 1. The lowest BCUT2D eigenvalue weighted by Crippen LogP contribution is -2.40. The molecule has 1 fully saturated rings. The van der Waals surface area contributed by atoms with Gasteiger partial charge in [-0.1, -0.05) is 24.3 Å². The summed E-state index contributed by atoms with van der Waals surface area (Å²) < 4.78 is 5.75. The Kier molecular flexibility index (Phi) is 7.22. The molecule has 3 rings (SSSR count). The van der Waals surface area contributed by atoms with Crippen molar-refractivity contribution in [2.75, 3.05) is 33.4 Å². The van der Waals surface area contributed by atoms with Crippen molar-refractivity contribution in [1.29, 1.82) is 0 Å². The standard InChI is InChI=1S/C22H30N4O/c1-3-23-22(26(2)13-14-27-17-18-10-11-18)25-16-19-7-6-8-20(15-19)21-9-4-5-12-24-21/h4-9,12,15,18H,3,10-11,13-14,16-17H2,1-2H3,(H,23,25). The van der Waals surface area contributed by atoms with Crippen LogP contribution in [0.15, 0.2) is 53.7 Å². The van der Waals surface area contributed by atoms with Crippen molar-refractivity contribution < 1.29 is 4.74 Å². The zero-order chi connectivity index (χ0) is 18.9. The number of guanidine groups is 1. The summed E-state index contributed by atoms with van der Waals surface area (Å²) in [5, 5.41) is 3.37. The van der Waals surface area contributed by atoms with Gasteiger partial charge in [-0.3, -0.25) is 4.98 Å². The van der Waals surface area contributed by atoms with Crippen LogP contribution in [0, 0.1) is 5.92 Å². The van der Waals surface area contributed by atoms with Crippen LogP contribution in [0.4, 0.5) is 0 Å². The zero-order valence-corrected chi connectivity index (χ0v) is 16.4. The molecule has 5 nitrogen and oxygen atoms in total. The van der Waals surface area contributed by atoms with Gasteiger partial charge in [-0.25, -0.2) is 4.99 Å². The molecule has 0 bridgehead atoms. The van der Waals surface area contributed by atoms with E-state index >= 15 is 0 Å². The van der Waals surface area contributed by atoms with Gasteiger partial charge in [-0.15, -0.1) is 0 Å². The van der Waals surface area contributed by atoms with Gasteiger partial charge in [0.15, 0.2) is 5.96 Å². The third kappa shape index (κ3) is 6.36. The summed E-state index contributed by atoms with van der Waals surface area (Å²) in [6, 6.07) is 14.4. The Morgan fingerprint density at radius 3 is 2.89 bits per heavy atom. The van der Waals surface area contributed by atoms with Crippen molar-refractivity contribution >= 4 is 5.96 Å². The SMILES string of the molecule is CCNC(=NCc1cccc(-c2ccccn2)c1)N(C)CCOCC1CC1. The Labute approximate surface area is 162 Å². The fraction of sp³-hybridized carbons (Fsp3) is 0.455. The normalized spacial score (nSPS) is 14.2. The van der Waals surface area contributed by atoms with Crippen molar-refractivity contribution in [2.45, 2.75) is 26.3 Å². The van der Waals surface area contributed by atoms with Gasteiger partial charge < -0.3 is 15.0 Å². The van der Waals surface area contributed by atoms with Crippen LogP contribution in [0.25, 0.3) is 11.3 Å². The summed E-state index contributed by atoms with van der Waals surface area (Å²) in [7, 11) is 2.06. The van der Waals surface area contributed by atoms with E-state index in [1.54, 1.807) is 0 Å². The first kappa shape index (κ1) is 19.4. The number of nitrogens with one attached hydrogen (secondary N) is 1. The third-order valence-electron chi connectivity index (χ3n) is 4.62. The summed E-state index contributed by atoms with van der Waals surface area (Å²) in [5.74, 6) is 1.72. The second kappa shape index (κ2) is 10.1. The number of benzene rings is 1. The molecule has 27 heavy (non-hydrogen) atoms. The highest BCUT2D eigenvalue weighted by Crippen LogP contribution is 2.28. The molecule has 1 N–H and O–H groups in total. The molecule has 1 saturated carbocycles. The highest BCUT2D eigenvalue weighted by molar-refractivity contribution is 5.79. The molecule has 5 heteroatoms. The lowest BCUT2D eigenvalue weighted by molar-refractivity contribution is 0.115. The Hall–Kier alpha value is -2.40. The molecule has 0 spiro atoms.